The Morgan fingerprint density at radius 2 is 2.00 bits per heavy atom. The van der Waals surface area contributed by atoms with E-state index in [1.54, 1.807) is 0 Å². The average molecular weight is 133 g/mol. The summed E-state index contributed by atoms with van der Waals surface area (Å²) >= 11 is 0. The van der Waals surface area contributed by atoms with Crippen molar-refractivity contribution in [1.29, 1.82) is 0 Å². The van der Waals surface area contributed by atoms with Crippen LogP contribution in [0.4, 0.5) is 0 Å². The number of aliphatic hydroxyl groups is 1. The fourth-order valence-corrected chi connectivity index (χ4v) is 0.529. The molecule has 1 N–H and O–H groups in total. The molecule has 0 aliphatic carbocycles. The topological polar surface area (TPSA) is 63.4 Å². The molecule has 0 spiro atoms. The van der Waals surface area contributed by atoms with Crippen LogP contribution in [0.25, 0.3) is 0 Å². The summed E-state index contributed by atoms with van der Waals surface area (Å²) in [5.41, 5.74) is 0. The predicted octanol–water partition coefficient (Wildman–Crippen LogP) is 0.426. The first kappa shape index (κ1) is 8.36. The molecule has 0 aliphatic rings. The van der Waals surface area contributed by atoms with Crippen molar-refractivity contribution >= 4 is 0 Å². The van der Waals surface area contributed by atoms with Gasteiger partial charge in [-0.1, -0.05) is 0 Å². The molecular formula is C5H11NO3. The lowest BCUT2D eigenvalue weighted by Crippen LogP contribution is -2.00. The fraction of sp³-hybridized carbons (Fsp3) is 1.00. The van der Waals surface area contributed by atoms with Crippen molar-refractivity contribution in [2.24, 2.45) is 0 Å². The fourth-order valence-electron chi connectivity index (χ4n) is 0.529. The number of hydrogen-bond donors (Lipinski definition) is 1. The standard InChI is InChI=1S/C5H11NO3/c7-5-3-1-2-4-6(8)9/h7H,1-5H2. The average Bonchev–Trinajstić information content (AvgIpc) is 1.80. The Morgan fingerprint density at radius 1 is 1.33 bits per heavy atom. The van der Waals surface area contributed by atoms with Crippen molar-refractivity contribution in [3.8, 4) is 0 Å². The first-order valence-electron chi connectivity index (χ1n) is 3.00. The van der Waals surface area contributed by atoms with Gasteiger partial charge in [0.2, 0.25) is 6.54 Å². The number of rotatable bonds is 5. The predicted molar refractivity (Wildman–Crippen MR) is 32.8 cm³/mol. The van der Waals surface area contributed by atoms with Gasteiger partial charge in [0.1, 0.15) is 0 Å². The molecule has 4 heteroatoms. The second kappa shape index (κ2) is 5.50. The minimum absolute atomic E-state index is 0.0278. The Kier molecular flexibility index (Phi) is 5.11. The van der Waals surface area contributed by atoms with Gasteiger partial charge in [-0.25, -0.2) is 0 Å². The van der Waals surface area contributed by atoms with E-state index in [-0.39, 0.29) is 18.1 Å². The molecule has 0 saturated carbocycles. The van der Waals surface area contributed by atoms with E-state index in [2.05, 4.69) is 0 Å². The van der Waals surface area contributed by atoms with Gasteiger partial charge in [0, 0.05) is 18.0 Å². The molecule has 4 nitrogen and oxygen atoms in total. The number of aliphatic hydroxyl groups excluding tert-OH is 1. The third kappa shape index (κ3) is 7.36. The molecule has 0 amide bonds. The maximum atomic E-state index is 9.71. The summed E-state index contributed by atoms with van der Waals surface area (Å²) < 4.78 is 0. The molecule has 0 heterocycles. The van der Waals surface area contributed by atoms with Crippen LogP contribution in [0.2, 0.25) is 0 Å². The summed E-state index contributed by atoms with van der Waals surface area (Å²) in [4.78, 5) is 9.37. The quantitative estimate of drug-likeness (QED) is 0.336. The largest absolute Gasteiger partial charge is 0.396 e. The van der Waals surface area contributed by atoms with E-state index >= 15 is 0 Å². The molecule has 0 aromatic carbocycles. The van der Waals surface area contributed by atoms with Gasteiger partial charge in [0.05, 0.1) is 0 Å². The zero-order valence-corrected chi connectivity index (χ0v) is 5.25. The van der Waals surface area contributed by atoms with Gasteiger partial charge in [-0.3, -0.25) is 10.1 Å². The van der Waals surface area contributed by atoms with Gasteiger partial charge in [0.25, 0.3) is 0 Å². The second-order valence-electron chi connectivity index (χ2n) is 1.84. The Hall–Kier alpha value is -0.640. The molecule has 0 unspecified atom stereocenters. The van der Waals surface area contributed by atoms with E-state index in [1.165, 1.54) is 0 Å². The van der Waals surface area contributed by atoms with Gasteiger partial charge in [-0.15, -0.1) is 0 Å². The molecule has 0 atom stereocenters. The summed E-state index contributed by atoms with van der Waals surface area (Å²) in [5, 5.41) is 18.0. The Labute approximate surface area is 53.6 Å². The second-order valence-corrected chi connectivity index (χ2v) is 1.84. The zero-order valence-electron chi connectivity index (χ0n) is 5.25. The highest BCUT2D eigenvalue weighted by Gasteiger charge is 1.94. The van der Waals surface area contributed by atoms with Gasteiger partial charge in [-0.2, -0.15) is 0 Å². The van der Waals surface area contributed by atoms with E-state index in [9.17, 15) is 10.1 Å². The SMILES string of the molecule is O=[N+]([O-])CCCCCO. The van der Waals surface area contributed by atoms with Crippen LogP contribution in [0.15, 0.2) is 0 Å². The maximum Gasteiger partial charge on any atom is 0.203 e. The number of hydrogen-bond acceptors (Lipinski definition) is 3. The summed E-state index contributed by atoms with van der Waals surface area (Å²) in [6.07, 6.45) is 2.00. The van der Waals surface area contributed by atoms with Crippen molar-refractivity contribution in [1.82, 2.24) is 0 Å². The maximum absolute atomic E-state index is 9.71. The van der Waals surface area contributed by atoms with Crippen LogP contribution in [0.1, 0.15) is 19.3 Å². The third-order valence-corrected chi connectivity index (χ3v) is 0.999. The molecule has 0 aromatic rings. The Bertz CT molecular complexity index is 84.3. The minimum Gasteiger partial charge on any atom is -0.396 e. The monoisotopic (exact) mass is 133 g/mol. The highest BCUT2D eigenvalue weighted by Crippen LogP contribution is 1.92. The van der Waals surface area contributed by atoms with Crippen molar-refractivity contribution in [3.05, 3.63) is 10.1 Å². The first-order valence-corrected chi connectivity index (χ1v) is 3.00. The van der Waals surface area contributed by atoms with E-state index in [0.29, 0.717) is 12.8 Å². The third-order valence-electron chi connectivity index (χ3n) is 0.999. The van der Waals surface area contributed by atoms with Crippen LogP contribution in [-0.4, -0.2) is 23.2 Å². The highest BCUT2D eigenvalue weighted by molar-refractivity contribution is 4.37. The van der Waals surface area contributed by atoms with E-state index < -0.39 is 0 Å². The van der Waals surface area contributed by atoms with Gasteiger partial charge in [-0.05, 0) is 12.8 Å². The molecular weight excluding hydrogens is 122 g/mol. The lowest BCUT2D eigenvalue weighted by atomic mass is 10.2. The van der Waals surface area contributed by atoms with Gasteiger partial charge >= 0.3 is 0 Å². The first-order chi connectivity index (χ1) is 4.27. The van der Waals surface area contributed by atoms with Gasteiger partial charge in [0.15, 0.2) is 0 Å². The molecule has 0 radical (unpaired) electrons. The number of unbranched alkanes of at least 4 members (excludes halogenated alkanes) is 2. The molecule has 0 fully saturated rings. The molecule has 9 heavy (non-hydrogen) atoms. The zero-order chi connectivity index (χ0) is 7.11. The summed E-state index contributed by atoms with van der Waals surface area (Å²) in [7, 11) is 0. The van der Waals surface area contributed by atoms with Crippen molar-refractivity contribution in [2.75, 3.05) is 13.2 Å². The summed E-state index contributed by atoms with van der Waals surface area (Å²) in [6, 6.07) is 0. The number of nitro groups is 1. The lowest BCUT2D eigenvalue weighted by molar-refractivity contribution is -0.480. The van der Waals surface area contributed by atoms with Crippen LogP contribution in [0.5, 0.6) is 0 Å². The smallest absolute Gasteiger partial charge is 0.203 e. The van der Waals surface area contributed by atoms with Crippen LogP contribution < -0.4 is 0 Å². The Morgan fingerprint density at radius 3 is 2.44 bits per heavy atom. The van der Waals surface area contributed by atoms with Crippen LogP contribution in [0.3, 0.4) is 0 Å². The molecule has 0 bridgehead atoms. The van der Waals surface area contributed by atoms with E-state index in [4.69, 9.17) is 5.11 Å². The minimum atomic E-state index is -0.336. The van der Waals surface area contributed by atoms with Crippen LogP contribution in [0, 0.1) is 10.1 Å². The van der Waals surface area contributed by atoms with Crippen molar-refractivity contribution in [2.45, 2.75) is 19.3 Å². The van der Waals surface area contributed by atoms with E-state index in [1.807, 2.05) is 0 Å². The summed E-state index contributed by atoms with van der Waals surface area (Å²) in [5.74, 6) is 0. The van der Waals surface area contributed by atoms with Crippen LogP contribution in [-0.2, 0) is 0 Å². The molecule has 0 aromatic heterocycles. The Balaban J connectivity index is 2.83. The van der Waals surface area contributed by atoms with E-state index in [0.717, 1.165) is 6.42 Å². The van der Waals surface area contributed by atoms with Crippen molar-refractivity contribution in [3.63, 3.8) is 0 Å². The molecule has 0 saturated heterocycles. The highest BCUT2D eigenvalue weighted by atomic mass is 16.6. The number of nitrogens with zero attached hydrogens (tertiary/aromatic N) is 1. The molecule has 0 aliphatic heterocycles. The molecule has 54 valence electrons. The lowest BCUT2D eigenvalue weighted by Gasteiger charge is -1.91. The van der Waals surface area contributed by atoms with Crippen molar-refractivity contribution < 1.29 is 10.0 Å². The van der Waals surface area contributed by atoms with Gasteiger partial charge < -0.3 is 5.11 Å². The summed E-state index contributed by atoms with van der Waals surface area (Å²) in [6.45, 7) is 0.164. The normalized spacial score (nSPS) is 9.44. The molecule has 0 rings (SSSR count). The van der Waals surface area contributed by atoms with Crippen LogP contribution >= 0.6 is 0 Å².